The Hall–Kier alpha value is -0.650. The molecule has 0 aromatic heterocycles. The van der Waals surface area contributed by atoms with Gasteiger partial charge in [0, 0.05) is 32.8 Å². The molecule has 2 aliphatic rings. The number of likely N-dealkylation sites (N-methyl/N-ethyl adjacent to an activating group) is 1. The van der Waals surface area contributed by atoms with E-state index in [1.54, 1.807) is 7.11 Å². The molecular formula is C16H31N3O2. The van der Waals surface area contributed by atoms with Gasteiger partial charge < -0.3 is 15.0 Å². The van der Waals surface area contributed by atoms with Crippen LogP contribution in [-0.2, 0) is 9.53 Å². The van der Waals surface area contributed by atoms with Gasteiger partial charge in [-0.15, -0.1) is 0 Å². The Bertz CT molecular complexity index is 317. The highest BCUT2D eigenvalue weighted by atomic mass is 16.5. The van der Waals surface area contributed by atoms with Crippen LogP contribution in [0.3, 0.4) is 0 Å². The van der Waals surface area contributed by atoms with E-state index in [1.165, 1.54) is 12.8 Å². The van der Waals surface area contributed by atoms with E-state index in [-0.39, 0.29) is 11.9 Å². The number of piperidine rings is 2. The number of hydrogen-bond acceptors (Lipinski definition) is 4. The summed E-state index contributed by atoms with van der Waals surface area (Å²) in [7, 11) is 1.75. The van der Waals surface area contributed by atoms with Gasteiger partial charge in [0.15, 0.2) is 0 Å². The summed E-state index contributed by atoms with van der Waals surface area (Å²) in [6.07, 6.45) is 5.56. The number of likely N-dealkylation sites (tertiary alicyclic amines) is 2. The van der Waals surface area contributed by atoms with Gasteiger partial charge in [0.2, 0.25) is 5.91 Å². The second-order valence-electron chi connectivity index (χ2n) is 6.26. The first-order valence-electron chi connectivity index (χ1n) is 8.50. The van der Waals surface area contributed by atoms with Gasteiger partial charge in [-0.25, -0.2) is 0 Å². The molecule has 1 amide bonds. The standard InChI is InChI=1S/C16H31N3O2/c1-3-19-9-5-4-6-15(19)16(20)17-14-7-10-18(11-8-14)12-13-21-2/h14-15H,3-13H2,1-2H3,(H,17,20)/t15-/m1/s1. The molecule has 0 saturated carbocycles. The van der Waals surface area contributed by atoms with Gasteiger partial charge in [-0.1, -0.05) is 13.3 Å². The molecule has 2 saturated heterocycles. The molecule has 5 nitrogen and oxygen atoms in total. The normalized spacial score (nSPS) is 25.9. The third-order valence-electron chi connectivity index (χ3n) is 4.87. The van der Waals surface area contributed by atoms with Gasteiger partial charge in [0.05, 0.1) is 12.6 Å². The molecular weight excluding hydrogens is 266 g/mol. The fourth-order valence-electron chi connectivity index (χ4n) is 3.49. The van der Waals surface area contributed by atoms with Crippen molar-refractivity contribution in [2.24, 2.45) is 0 Å². The number of methoxy groups -OCH3 is 1. The van der Waals surface area contributed by atoms with Crippen molar-refractivity contribution in [3.8, 4) is 0 Å². The van der Waals surface area contributed by atoms with E-state index in [9.17, 15) is 4.79 Å². The van der Waals surface area contributed by atoms with Crippen LogP contribution < -0.4 is 5.32 Å². The van der Waals surface area contributed by atoms with Crippen molar-refractivity contribution >= 4 is 5.91 Å². The number of hydrogen-bond donors (Lipinski definition) is 1. The molecule has 0 radical (unpaired) electrons. The van der Waals surface area contributed by atoms with Crippen molar-refractivity contribution in [3.63, 3.8) is 0 Å². The molecule has 0 aromatic carbocycles. The second-order valence-corrected chi connectivity index (χ2v) is 6.26. The predicted molar refractivity (Wildman–Crippen MR) is 84.4 cm³/mol. The molecule has 21 heavy (non-hydrogen) atoms. The minimum Gasteiger partial charge on any atom is -0.383 e. The van der Waals surface area contributed by atoms with Crippen molar-refractivity contribution in [3.05, 3.63) is 0 Å². The molecule has 2 rings (SSSR count). The van der Waals surface area contributed by atoms with Crippen LogP contribution in [0.5, 0.6) is 0 Å². The molecule has 0 aromatic rings. The lowest BCUT2D eigenvalue weighted by molar-refractivity contribution is -0.128. The number of amides is 1. The molecule has 5 heteroatoms. The maximum atomic E-state index is 12.5. The summed E-state index contributed by atoms with van der Waals surface area (Å²) in [6.45, 7) is 8.14. The highest BCUT2D eigenvalue weighted by Crippen LogP contribution is 2.18. The third-order valence-corrected chi connectivity index (χ3v) is 4.87. The van der Waals surface area contributed by atoms with Gasteiger partial charge in [-0.2, -0.15) is 0 Å². The summed E-state index contributed by atoms with van der Waals surface area (Å²) in [5.74, 6) is 0.256. The van der Waals surface area contributed by atoms with Gasteiger partial charge in [0.25, 0.3) is 0 Å². The fraction of sp³-hybridized carbons (Fsp3) is 0.938. The summed E-state index contributed by atoms with van der Waals surface area (Å²) in [4.78, 5) is 17.3. The minimum absolute atomic E-state index is 0.107. The lowest BCUT2D eigenvalue weighted by atomic mass is 9.99. The van der Waals surface area contributed by atoms with Crippen molar-refractivity contribution in [2.45, 2.75) is 51.1 Å². The first-order chi connectivity index (χ1) is 10.2. The lowest BCUT2D eigenvalue weighted by Crippen LogP contribution is -2.53. The number of nitrogens with zero attached hydrogens (tertiary/aromatic N) is 2. The molecule has 2 fully saturated rings. The maximum absolute atomic E-state index is 12.5. The zero-order valence-electron chi connectivity index (χ0n) is 13.6. The van der Waals surface area contributed by atoms with Crippen LogP contribution in [0.4, 0.5) is 0 Å². The highest BCUT2D eigenvalue weighted by molar-refractivity contribution is 5.82. The van der Waals surface area contributed by atoms with Crippen molar-refractivity contribution in [1.29, 1.82) is 0 Å². The van der Waals surface area contributed by atoms with E-state index < -0.39 is 0 Å². The zero-order valence-corrected chi connectivity index (χ0v) is 13.6. The Balaban J connectivity index is 1.73. The number of carbonyl (C=O) groups excluding carboxylic acids is 1. The van der Waals surface area contributed by atoms with Crippen LogP contribution in [0.1, 0.15) is 39.0 Å². The van der Waals surface area contributed by atoms with Crippen LogP contribution in [0.2, 0.25) is 0 Å². The van der Waals surface area contributed by atoms with Crippen LogP contribution >= 0.6 is 0 Å². The molecule has 0 aliphatic carbocycles. The first-order valence-corrected chi connectivity index (χ1v) is 8.50. The second kappa shape index (κ2) is 8.71. The summed E-state index contributed by atoms with van der Waals surface area (Å²) in [5.41, 5.74) is 0. The Labute approximate surface area is 129 Å². The molecule has 1 atom stereocenters. The van der Waals surface area contributed by atoms with E-state index in [0.29, 0.717) is 6.04 Å². The van der Waals surface area contributed by atoms with Gasteiger partial charge in [-0.3, -0.25) is 9.69 Å². The van der Waals surface area contributed by atoms with E-state index in [2.05, 4.69) is 22.0 Å². The Morgan fingerprint density at radius 3 is 2.62 bits per heavy atom. The number of rotatable bonds is 6. The molecule has 2 heterocycles. The summed E-state index contributed by atoms with van der Waals surface area (Å²) in [6, 6.07) is 0.465. The van der Waals surface area contributed by atoms with E-state index in [0.717, 1.165) is 58.6 Å². The molecule has 0 bridgehead atoms. The van der Waals surface area contributed by atoms with Crippen molar-refractivity contribution < 1.29 is 9.53 Å². The van der Waals surface area contributed by atoms with Gasteiger partial charge in [0.1, 0.15) is 0 Å². The average molecular weight is 297 g/mol. The quantitative estimate of drug-likeness (QED) is 0.797. The lowest BCUT2D eigenvalue weighted by Gasteiger charge is -2.36. The Morgan fingerprint density at radius 1 is 1.19 bits per heavy atom. The maximum Gasteiger partial charge on any atom is 0.237 e. The molecule has 122 valence electrons. The van der Waals surface area contributed by atoms with Crippen LogP contribution in [0, 0.1) is 0 Å². The predicted octanol–water partition coefficient (Wildman–Crippen LogP) is 1.09. The molecule has 1 N–H and O–H groups in total. The average Bonchev–Trinajstić information content (AvgIpc) is 2.54. The smallest absolute Gasteiger partial charge is 0.237 e. The van der Waals surface area contributed by atoms with E-state index in [4.69, 9.17) is 4.74 Å². The molecule has 0 spiro atoms. The Morgan fingerprint density at radius 2 is 1.95 bits per heavy atom. The third kappa shape index (κ3) is 4.94. The monoisotopic (exact) mass is 297 g/mol. The number of carbonyl (C=O) groups is 1. The van der Waals surface area contributed by atoms with Gasteiger partial charge in [-0.05, 0) is 38.8 Å². The molecule has 0 unspecified atom stereocenters. The SMILES string of the molecule is CCN1CCCC[C@@H]1C(=O)NC1CCN(CCOC)CC1. The van der Waals surface area contributed by atoms with E-state index in [1.807, 2.05) is 0 Å². The van der Waals surface area contributed by atoms with Crippen molar-refractivity contribution in [2.75, 3.05) is 46.4 Å². The highest BCUT2D eigenvalue weighted by Gasteiger charge is 2.29. The van der Waals surface area contributed by atoms with Gasteiger partial charge >= 0.3 is 0 Å². The van der Waals surface area contributed by atoms with E-state index >= 15 is 0 Å². The molecule has 2 aliphatic heterocycles. The van der Waals surface area contributed by atoms with Crippen LogP contribution in [0.15, 0.2) is 0 Å². The fourth-order valence-corrected chi connectivity index (χ4v) is 3.49. The van der Waals surface area contributed by atoms with Crippen LogP contribution in [-0.4, -0.2) is 74.2 Å². The first kappa shape index (κ1) is 16.7. The largest absolute Gasteiger partial charge is 0.383 e. The Kier molecular flexibility index (Phi) is 6.93. The van der Waals surface area contributed by atoms with Crippen molar-refractivity contribution in [1.82, 2.24) is 15.1 Å². The summed E-state index contributed by atoms with van der Waals surface area (Å²) in [5, 5.41) is 3.29. The minimum atomic E-state index is 0.107. The zero-order chi connectivity index (χ0) is 15.1. The number of ether oxygens (including phenoxy) is 1. The van der Waals surface area contributed by atoms with Crippen LogP contribution in [0.25, 0.3) is 0 Å². The summed E-state index contributed by atoms with van der Waals surface area (Å²) < 4.78 is 5.12. The topological polar surface area (TPSA) is 44.8 Å². The summed E-state index contributed by atoms with van der Waals surface area (Å²) >= 11 is 0. The number of nitrogens with one attached hydrogen (secondary N) is 1.